The van der Waals surface area contributed by atoms with Crippen molar-refractivity contribution < 1.29 is 23.9 Å². The molecule has 31 heavy (non-hydrogen) atoms. The maximum Gasteiger partial charge on any atom is 0.412 e. The van der Waals surface area contributed by atoms with E-state index in [9.17, 15) is 14.4 Å². The molecule has 1 aliphatic rings. The van der Waals surface area contributed by atoms with Gasteiger partial charge in [0.25, 0.3) is 11.1 Å². The first-order valence-electron chi connectivity index (χ1n) is 9.75. The van der Waals surface area contributed by atoms with E-state index >= 15 is 0 Å². The Morgan fingerprint density at radius 3 is 2.32 bits per heavy atom. The SMILES string of the molecule is CC(C)(C)OC(=O)Nc1ccc(CCOc2ccc(C=C3SC(=O)NC3=O)cc2)cc1. The van der Waals surface area contributed by atoms with Crippen molar-refractivity contribution in [1.82, 2.24) is 5.32 Å². The lowest BCUT2D eigenvalue weighted by molar-refractivity contribution is -0.115. The Hall–Kier alpha value is -3.26. The van der Waals surface area contributed by atoms with Crippen LogP contribution < -0.4 is 15.4 Å². The molecule has 0 unspecified atom stereocenters. The van der Waals surface area contributed by atoms with Gasteiger partial charge in [-0.25, -0.2) is 4.79 Å². The second-order valence-corrected chi connectivity index (χ2v) is 8.86. The zero-order chi connectivity index (χ0) is 22.4. The highest BCUT2D eigenvalue weighted by Crippen LogP contribution is 2.26. The van der Waals surface area contributed by atoms with Crippen LogP contribution in [0, 0.1) is 0 Å². The van der Waals surface area contributed by atoms with E-state index in [1.807, 2.05) is 69.3 Å². The smallest absolute Gasteiger partial charge is 0.412 e. The van der Waals surface area contributed by atoms with E-state index in [4.69, 9.17) is 9.47 Å². The fourth-order valence-corrected chi connectivity index (χ4v) is 3.38. The van der Waals surface area contributed by atoms with Crippen LogP contribution in [0.3, 0.4) is 0 Å². The summed E-state index contributed by atoms with van der Waals surface area (Å²) in [4.78, 5) is 35.0. The standard InChI is InChI=1S/C23H24N2O5S/c1-23(2,3)30-21(27)24-17-8-4-15(5-9-17)12-13-29-18-10-6-16(7-11-18)14-19-20(26)25-22(28)31-19/h4-11,14H,12-13H2,1-3H3,(H,24,27)(H,25,26,28). The summed E-state index contributed by atoms with van der Waals surface area (Å²) in [5.41, 5.74) is 2.01. The van der Waals surface area contributed by atoms with Crippen LogP contribution in [0.4, 0.5) is 15.3 Å². The van der Waals surface area contributed by atoms with Gasteiger partial charge in [-0.15, -0.1) is 0 Å². The molecule has 1 aliphatic heterocycles. The summed E-state index contributed by atoms with van der Waals surface area (Å²) >= 11 is 0.891. The molecular weight excluding hydrogens is 416 g/mol. The number of anilines is 1. The topological polar surface area (TPSA) is 93.7 Å². The summed E-state index contributed by atoms with van der Waals surface area (Å²) < 4.78 is 11.0. The second-order valence-electron chi connectivity index (χ2n) is 7.84. The highest BCUT2D eigenvalue weighted by molar-refractivity contribution is 8.18. The van der Waals surface area contributed by atoms with Crippen molar-refractivity contribution in [3.05, 3.63) is 64.6 Å². The average molecular weight is 441 g/mol. The number of rotatable bonds is 6. The molecular formula is C23H24N2O5S. The number of thioether (sulfide) groups is 1. The molecule has 2 aromatic rings. The number of hydrogen-bond donors (Lipinski definition) is 2. The Balaban J connectivity index is 1.46. The van der Waals surface area contributed by atoms with Gasteiger partial charge in [-0.05, 0) is 74.0 Å². The van der Waals surface area contributed by atoms with E-state index in [0.717, 1.165) is 22.9 Å². The quantitative estimate of drug-likeness (QED) is 0.616. The van der Waals surface area contributed by atoms with Crippen LogP contribution in [0.15, 0.2) is 53.4 Å². The third-order valence-electron chi connectivity index (χ3n) is 4.08. The van der Waals surface area contributed by atoms with Gasteiger partial charge < -0.3 is 9.47 Å². The Labute approximate surface area is 185 Å². The Morgan fingerprint density at radius 1 is 1.06 bits per heavy atom. The lowest BCUT2D eigenvalue weighted by Gasteiger charge is -2.19. The largest absolute Gasteiger partial charge is 0.493 e. The highest BCUT2D eigenvalue weighted by atomic mass is 32.2. The normalized spacial score (nSPS) is 15.0. The third kappa shape index (κ3) is 7.18. The minimum atomic E-state index is -0.542. The van der Waals surface area contributed by atoms with Crippen molar-refractivity contribution in [2.75, 3.05) is 11.9 Å². The van der Waals surface area contributed by atoms with Gasteiger partial charge >= 0.3 is 6.09 Å². The molecule has 2 aromatic carbocycles. The second kappa shape index (κ2) is 9.70. The number of nitrogens with one attached hydrogen (secondary N) is 2. The van der Waals surface area contributed by atoms with Crippen LogP contribution in [0.2, 0.25) is 0 Å². The fraction of sp³-hybridized carbons (Fsp3) is 0.261. The maximum atomic E-state index is 11.8. The molecule has 2 N–H and O–H groups in total. The lowest BCUT2D eigenvalue weighted by Crippen LogP contribution is -2.27. The third-order valence-corrected chi connectivity index (χ3v) is 4.89. The van der Waals surface area contributed by atoms with Gasteiger partial charge in [-0.1, -0.05) is 24.3 Å². The average Bonchev–Trinajstić information content (AvgIpc) is 3.00. The van der Waals surface area contributed by atoms with Gasteiger partial charge in [0.15, 0.2) is 0 Å². The monoisotopic (exact) mass is 440 g/mol. The molecule has 3 rings (SSSR count). The predicted octanol–water partition coefficient (Wildman–Crippen LogP) is 4.98. The molecule has 0 spiro atoms. The van der Waals surface area contributed by atoms with Crippen LogP contribution in [0.1, 0.15) is 31.9 Å². The highest BCUT2D eigenvalue weighted by Gasteiger charge is 2.24. The number of ether oxygens (including phenoxy) is 2. The number of benzene rings is 2. The van der Waals surface area contributed by atoms with Gasteiger partial charge in [-0.3, -0.25) is 20.2 Å². The molecule has 162 valence electrons. The van der Waals surface area contributed by atoms with E-state index in [0.29, 0.717) is 29.4 Å². The molecule has 1 fully saturated rings. The van der Waals surface area contributed by atoms with Crippen molar-refractivity contribution >= 4 is 40.8 Å². The summed E-state index contributed by atoms with van der Waals surface area (Å²) in [6, 6.07) is 14.8. The van der Waals surface area contributed by atoms with Gasteiger partial charge in [0, 0.05) is 12.1 Å². The zero-order valence-corrected chi connectivity index (χ0v) is 18.4. The summed E-state index contributed by atoms with van der Waals surface area (Å²) in [5.74, 6) is 0.340. The summed E-state index contributed by atoms with van der Waals surface area (Å²) in [5, 5.41) is 4.57. The Morgan fingerprint density at radius 2 is 1.74 bits per heavy atom. The Bertz CT molecular complexity index is 992. The van der Waals surface area contributed by atoms with Gasteiger partial charge in [0.05, 0.1) is 11.5 Å². The summed E-state index contributed by atoms with van der Waals surface area (Å²) in [6.45, 7) is 5.94. The van der Waals surface area contributed by atoms with Crippen molar-refractivity contribution in [2.24, 2.45) is 0 Å². The lowest BCUT2D eigenvalue weighted by atomic mass is 10.1. The first kappa shape index (κ1) is 22.4. The van der Waals surface area contributed by atoms with E-state index in [-0.39, 0.29) is 11.1 Å². The first-order chi connectivity index (χ1) is 14.7. The van der Waals surface area contributed by atoms with E-state index < -0.39 is 11.7 Å². The van der Waals surface area contributed by atoms with E-state index in [2.05, 4.69) is 10.6 Å². The van der Waals surface area contributed by atoms with Crippen molar-refractivity contribution in [2.45, 2.75) is 32.8 Å². The minimum absolute atomic E-state index is 0.357. The summed E-state index contributed by atoms with van der Waals surface area (Å²) in [6.07, 6.45) is 1.89. The molecule has 1 saturated heterocycles. The molecule has 0 bridgehead atoms. The molecule has 8 heteroatoms. The minimum Gasteiger partial charge on any atom is -0.493 e. The van der Waals surface area contributed by atoms with E-state index in [1.165, 1.54) is 0 Å². The molecule has 0 aromatic heterocycles. The van der Waals surface area contributed by atoms with Gasteiger partial charge in [-0.2, -0.15) is 0 Å². The van der Waals surface area contributed by atoms with Crippen LogP contribution in [-0.4, -0.2) is 29.4 Å². The molecule has 0 radical (unpaired) electrons. The van der Waals surface area contributed by atoms with Crippen LogP contribution in [0.5, 0.6) is 5.75 Å². The van der Waals surface area contributed by atoms with Crippen LogP contribution >= 0.6 is 11.8 Å². The zero-order valence-electron chi connectivity index (χ0n) is 17.6. The molecule has 0 atom stereocenters. The van der Waals surface area contributed by atoms with Crippen molar-refractivity contribution in [1.29, 1.82) is 0 Å². The predicted molar refractivity (Wildman–Crippen MR) is 121 cm³/mol. The molecule has 0 aliphatic carbocycles. The Kier molecular flexibility index (Phi) is 7.02. The molecule has 7 nitrogen and oxygen atoms in total. The molecule has 1 heterocycles. The molecule has 3 amide bonds. The van der Waals surface area contributed by atoms with Crippen LogP contribution in [-0.2, 0) is 16.0 Å². The van der Waals surface area contributed by atoms with Crippen molar-refractivity contribution in [3.8, 4) is 5.75 Å². The number of amides is 3. The van der Waals surface area contributed by atoms with Gasteiger partial charge in [0.1, 0.15) is 11.4 Å². The number of hydrogen-bond acceptors (Lipinski definition) is 6. The number of carbonyl (C=O) groups excluding carboxylic acids is 3. The number of imide groups is 1. The van der Waals surface area contributed by atoms with Crippen LogP contribution in [0.25, 0.3) is 6.08 Å². The summed E-state index contributed by atoms with van der Waals surface area (Å²) in [7, 11) is 0. The van der Waals surface area contributed by atoms with Crippen molar-refractivity contribution in [3.63, 3.8) is 0 Å². The first-order valence-corrected chi connectivity index (χ1v) is 10.6. The maximum absolute atomic E-state index is 11.8. The fourth-order valence-electron chi connectivity index (χ4n) is 2.70. The number of carbonyl (C=O) groups is 3. The van der Waals surface area contributed by atoms with Gasteiger partial charge in [0.2, 0.25) is 0 Å². The van der Waals surface area contributed by atoms with E-state index in [1.54, 1.807) is 6.08 Å². The molecule has 0 saturated carbocycles.